The first-order valence-electron chi connectivity index (χ1n) is 7.96. The fourth-order valence-corrected chi connectivity index (χ4v) is 2.62. The summed E-state index contributed by atoms with van der Waals surface area (Å²) < 4.78 is 0. The van der Waals surface area contributed by atoms with Crippen molar-refractivity contribution < 1.29 is 4.79 Å². The number of nitrogens with one attached hydrogen (secondary N) is 2. The van der Waals surface area contributed by atoms with Gasteiger partial charge in [0, 0.05) is 16.3 Å². The molecule has 0 aliphatic rings. The lowest BCUT2D eigenvalue weighted by atomic mass is 10.1. The molecule has 126 valence electrons. The number of carbonyl (C=O) groups is 1. The number of carbonyl (C=O) groups excluding carboxylic acids is 1. The third-order valence-electron chi connectivity index (χ3n) is 3.81. The zero-order valence-electron chi connectivity index (χ0n) is 13.7. The van der Waals surface area contributed by atoms with E-state index in [4.69, 9.17) is 11.6 Å². The van der Waals surface area contributed by atoms with Crippen molar-refractivity contribution in [1.82, 2.24) is 5.43 Å². The molecule has 5 heteroatoms. The summed E-state index contributed by atoms with van der Waals surface area (Å²) in [5.41, 5.74) is 4.16. The number of fused-ring (bicyclic) bond motifs is 1. The first-order valence-corrected chi connectivity index (χ1v) is 8.34. The minimum Gasteiger partial charge on any atom is -0.374 e. The van der Waals surface area contributed by atoms with Gasteiger partial charge in [0.05, 0.1) is 6.21 Å². The van der Waals surface area contributed by atoms with Gasteiger partial charge in [-0.2, -0.15) is 5.10 Å². The summed E-state index contributed by atoms with van der Waals surface area (Å²) in [6, 6.07) is 21.0. The fourth-order valence-electron chi connectivity index (χ4n) is 2.44. The van der Waals surface area contributed by atoms with E-state index in [0.29, 0.717) is 5.02 Å². The van der Waals surface area contributed by atoms with Crippen LogP contribution in [0, 0.1) is 0 Å². The van der Waals surface area contributed by atoms with Crippen LogP contribution in [0.3, 0.4) is 0 Å². The molecule has 2 N–H and O–H groups in total. The highest BCUT2D eigenvalue weighted by molar-refractivity contribution is 6.33. The van der Waals surface area contributed by atoms with Crippen LogP contribution in [0.15, 0.2) is 71.8 Å². The average Bonchev–Trinajstić information content (AvgIpc) is 2.63. The second-order valence-corrected chi connectivity index (χ2v) is 6.09. The largest absolute Gasteiger partial charge is 0.374 e. The zero-order valence-corrected chi connectivity index (χ0v) is 14.5. The van der Waals surface area contributed by atoms with E-state index in [1.807, 2.05) is 54.6 Å². The zero-order chi connectivity index (χ0) is 17.6. The number of hydrogen-bond donors (Lipinski definition) is 2. The molecule has 0 bridgehead atoms. The van der Waals surface area contributed by atoms with Gasteiger partial charge in [0.15, 0.2) is 0 Å². The molecule has 3 rings (SSSR count). The van der Waals surface area contributed by atoms with Crippen LogP contribution in [0.2, 0.25) is 5.02 Å². The lowest BCUT2D eigenvalue weighted by Gasteiger charge is -2.14. The summed E-state index contributed by atoms with van der Waals surface area (Å²) in [6.07, 6.45) is 1.53. The highest BCUT2D eigenvalue weighted by Gasteiger charge is 2.11. The van der Waals surface area contributed by atoms with E-state index in [1.54, 1.807) is 13.0 Å². The topological polar surface area (TPSA) is 53.5 Å². The molecule has 0 aromatic heterocycles. The van der Waals surface area contributed by atoms with Crippen LogP contribution in [0.1, 0.15) is 12.5 Å². The van der Waals surface area contributed by atoms with Gasteiger partial charge in [0.25, 0.3) is 5.91 Å². The Labute approximate surface area is 151 Å². The Balaban J connectivity index is 1.61. The van der Waals surface area contributed by atoms with E-state index >= 15 is 0 Å². The van der Waals surface area contributed by atoms with Crippen molar-refractivity contribution in [2.75, 3.05) is 5.32 Å². The van der Waals surface area contributed by atoms with Crippen LogP contribution in [0.4, 0.5) is 5.69 Å². The molecule has 0 fully saturated rings. The van der Waals surface area contributed by atoms with E-state index in [1.165, 1.54) is 6.21 Å². The molecule has 0 unspecified atom stereocenters. The number of hydrogen-bond acceptors (Lipinski definition) is 3. The van der Waals surface area contributed by atoms with Gasteiger partial charge in [-0.05, 0) is 35.9 Å². The second kappa shape index (κ2) is 7.81. The van der Waals surface area contributed by atoms with E-state index in [2.05, 4.69) is 21.9 Å². The molecule has 1 amide bonds. The summed E-state index contributed by atoms with van der Waals surface area (Å²) in [7, 11) is 0. The smallest absolute Gasteiger partial charge is 0.262 e. The molecular formula is C20H18ClN3O. The molecule has 3 aromatic carbocycles. The summed E-state index contributed by atoms with van der Waals surface area (Å²) in [5, 5.41) is 10.0. The number of benzene rings is 3. The maximum Gasteiger partial charge on any atom is 0.262 e. The Morgan fingerprint density at radius 2 is 1.76 bits per heavy atom. The van der Waals surface area contributed by atoms with Crippen molar-refractivity contribution in [3.8, 4) is 0 Å². The molecule has 0 saturated carbocycles. The van der Waals surface area contributed by atoms with E-state index in [9.17, 15) is 4.79 Å². The van der Waals surface area contributed by atoms with E-state index < -0.39 is 6.04 Å². The van der Waals surface area contributed by atoms with Crippen LogP contribution in [0.5, 0.6) is 0 Å². The summed E-state index contributed by atoms with van der Waals surface area (Å²) in [5.74, 6) is -0.225. The third kappa shape index (κ3) is 4.37. The lowest BCUT2D eigenvalue weighted by molar-refractivity contribution is -0.121. The maximum atomic E-state index is 12.2. The normalized spacial score (nSPS) is 12.2. The van der Waals surface area contributed by atoms with Gasteiger partial charge >= 0.3 is 0 Å². The number of nitrogens with zero attached hydrogens (tertiary/aromatic N) is 1. The number of hydrazone groups is 1. The predicted molar refractivity (Wildman–Crippen MR) is 104 cm³/mol. The molecule has 0 heterocycles. The van der Waals surface area contributed by atoms with Crippen LogP contribution in [-0.4, -0.2) is 18.2 Å². The molecule has 0 aliphatic carbocycles. The quantitative estimate of drug-likeness (QED) is 0.527. The SMILES string of the molecule is C[C@@H](Nc1ccc2ccccc2c1)C(=O)NN=Cc1ccccc1Cl. The fraction of sp³-hybridized carbons (Fsp3) is 0.100. The van der Waals surface area contributed by atoms with Crippen molar-refractivity contribution >= 4 is 40.2 Å². The highest BCUT2D eigenvalue weighted by atomic mass is 35.5. The molecule has 25 heavy (non-hydrogen) atoms. The van der Waals surface area contributed by atoms with Crippen LogP contribution in [-0.2, 0) is 4.79 Å². The molecule has 4 nitrogen and oxygen atoms in total. The molecular weight excluding hydrogens is 334 g/mol. The number of anilines is 1. The van der Waals surface area contributed by atoms with Crippen molar-refractivity contribution in [2.45, 2.75) is 13.0 Å². The third-order valence-corrected chi connectivity index (χ3v) is 4.15. The summed E-state index contributed by atoms with van der Waals surface area (Å²) >= 11 is 6.04. The van der Waals surface area contributed by atoms with Gasteiger partial charge in [-0.3, -0.25) is 4.79 Å². The monoisotopic (exact) mass is 351 g/mol. The minimum absolute atomic E-state index is 0.225. The van der Waals surface area contributed by atoms with Crippen LogP contribution in [0.25, 0.3) is 10.8 Å². The molecule has 0 aliphatic heterocycles. The first-order chi connectivity index (χ1) is 12.1. The number of amides is 1. The van der Waals surface area contributed by atoms with Crippen molar-refractivity contribution in [2.24, 2.45) is 5.10 Å². The Hall–Kier alpha value is -2.85. The number of halogens is 1. The first kappa shape index (κ1) is 17.0. The Bertz CT molecular complexity index is 923. The molecule has 0 spiro atoms. The van der Waals surface area contributed by atoms with Gasteiger partial charge in [0.2, 0.25) is 0 Å². The van der Waals surface area contributed by atoms with Gasteiger partial charge in [-0.25, -0.2) is 5.43 Å². The maximum absolute atomic E-state index is 12.2. The predicted octanol–water partition coefficient (Wildman–Crippen LogP) is 4.44. The number of rotatable bonds is 5. The van der Waals surface area contributed by atoms with Crippen molar-refractivity contribution in [3.05, 3.63) is 77.3 Å². The Morgan fingerprint density at radius 3 is 2.56 bits per heavy atom. The van der Waals surface area contributed by atoms with Crippen molar-refractivity contribution in [3.63, 3.8) is 0 Å². The summed E-state index contributed by atoms with van der Waals surface area (Å²) in [4.78, 5) is 12.2. The van der Waals surface area contributed by atoms with Crippen LogP contribution < -0.4 is 10.7 Å². The standard InChI is InChI=1S/C20H18ClN3O/c1-14(20(25)24-22-13-17-8-4-5-9-19(17)21)23-18-11-10-15-6-2-3-7-16(15)12-18/h2-14,23H,1H3,(H,24,25)/t14-/m1/s1. The van der Waals surface area contributed by atoms with Crippen molar-refractivity contribution in [1.29, 1.82) is 0 Å². The van der Waals surface area contributed by atoms with Gasteiger partial charge in [-0.15, -0.1) is 0 Å². The van der Waals surface area contributed by atoms with Gasteiger partial charge in [0.1, 0.15) is 6.04 Å². The molecule has 3 aromatic rings. The molecule has 0 radical (unpaired) electrons. The minimum atomic E-state index is -0.426. The average molecular weight is 352 g/mol. The summed E-state index contributed by atoms with van der Waals surface area (Å²) in [6.45, 7) is 1.79. The lowest BCUT2D eigenvalue weighted by Crippen LogP contribution is -2.34. The molecule has 1 atom stereocenters. The van der Waals surface area contributed by atoms with E-state index in [0.717, 1.165) is 22.0 Å². The van der Waals surface area contributed by atoms with Gasteiger partial charge in [-0.1, -0.05) is 60.1 Å². The molecule has 0 saturated heterocycles. The van der Waals surface area contributed by atoms with Gasteiger partial charge < -0.3 is 5.32 Å². The Morgan fingerprint density at radius 1 is 1.04 bits per heavy atom. The second-order valence-electron chi connectivity index (χ2n) is 5.68. The highest BCUT2D eigenvalue weighted by Crippen LogP contribution is 2.19. The van der Waals surface area contributed by atoms with E-state index in [-0.39, 0.29) is 5.91 Å². The van der Waals surface area contributed by atoms with Crippen LogP contribution >= 0.6 is 11.6 Å². The Kier molecular flexibility index (Phi) is 5.31.